The number of hydrogen-bond donors (Lipinski definition) is 0. The van der Waals surface area contributed by atoms with Crippen molar-refractivity contribution in [3.05, 3.63) is 95.6 Å². The fraction of sp³-hybridized carbons (Fsp3) is 0.185. The van der Waals surface area contributed by atoms with Crippen molar-refractivity contribution in [1.29, 1.82) is 0 Å². The Morgan fingerprint density at radius 1 is 0.938 bits per heavy atom. The Morgan fingerprint density at radius 3 is 2.34 bits per heavy atom. The van der Waals surface area contributed by atoms with Gasteiger partial charge in [-0.1, -0.05) is 67.9 Å². The number of benzene rings is 3. The molecule has 0 saturated carbocycles. The van der Waals surface area contributed by atoms with Crippen LogP contribution in [0.4, 0.5) is 5.69 Å². The molecule has 0 bridgehead atoms. The average Bonchev–Trinajstić information content (AvgIpc) is 3.17. The van der Waals surface area contributed by atoms with Gasteiger partial charge in [-0.2, -0.15) is 10.1 Å². The third kappa shape index (κ3) is 4.57. The van der Waals surface area contributed by atoms with Gasteiger partial charge in [-0.15, -0.1) is 0 Å². The van der Waals surface area contributed by atoms with Gasteiger partial charge in [0.1, 0.15) is 5.71 Å². The summed E-state index contributed by atoms with van der Waals surface area (Å²) in [6, 6.07) is 24.9. The van der Waals surface area contributed by atoms with E-state index in [4.69, 9.17) is 9.47 Å². The van der Waals surface area contributed by atoms with Gasteiger partial charge in [-0.25, -0.2) is 0 Å². The molecule has 0 unspecified atom stereocenters. The maximum absolute atomic E-state index is 13.4. The molecule has 0 fully saturated rings. The Labute approximate surface area is 188 Å². The molecule has 0 N–H and O–H groups in total. The zero-order valence-electron chi connectivity index (χ0n) is 18.3. The van der Waals surface area contributed by atoms with E-state index in [0.29, 0.717) is 29.4 Å². The number of anilines is 1. The van der Waals surface area contributed by atoms with Crippen molar-refractivity contribution in [2.24, 2.45) is 5.10 Å². The first-order chi connectivity index (χ1) is 15.7. The second-order valence-electron chi connectivity index (χ2n) is 7.44. The maximum Gasteiger partial charge on any atom is 0.281 e. The number of para-hydroxylation sites is 1. The molecular weight excluding hydrogens is 400 g/mol. The molecule has 1 aliphatic rings. The van der Waals surface area contributed by atoms with Crippen molar-refractivity contribution in [2.75, 3.05) is 18.7 Å². The molecule has 0 spiro atoms. The number of hydrazone groups is 1. The summed E-state index contributed by atoms with van der Waals surface area (Å²) in [5.41, 5.74) is 3.62. The maximum atomic E-state index is 13.4. The molecule has 5 heteroatoms. The number of ether oxygens (including phenoxy) is 2. The van der Waals surface area contributed by atoms with E-state index in [1.54, 1.807) is 7.11 Å². The Hall–Kier alpha value is -3.86. The van der Waals surface area contributed by atoms with Crippen LogP contribution in [0.3, 0.4) is 0 Å². The van der Waals surface area contributed by atoms with E-state index in [1.165, 1.54) is 5.01 Å². The van der Waals surface area contributed by atoms with Crippen molar-refractivity contribution >= 4 is 23.4 Å². The lowest BCUT2D eigenvalue weighted by molar-refractivity contribution is -0.114. The molecule has 162 valence electrons. The lowest BCUT2D eigenvalue weighted by Crippen LogP contribution is -2.21. The van der Waals surface area contributed by atoms with Gasteiger partial charge in [0.15, 0.2) is 11.5 Å². The fourth-order valence-electron chi connectivity index (χ4n) is 3.48. The van der Waals surface area contributed by atoms with Gasteiger partial charge in [0, 0.05) is 5.56 Å². The number of carbonyl (C=O) groups is 1. The van der Waals surface area contributed by atoms with Gasteiger partial charge >= 0.3 is 0 Å². The number of nitrogens with zero attached hydrogens (tertiary/aromatic N) is 2. The van der Waals surface area contributed by atoms with Crippen LogP contribution in [0.25, 0.3) is 6.08 Å². The molecule has 0 aliphatic carbocycles. The van der Waals surface area contributed by atoms with Gasteiger partial charge in [-0.3, -0.25) is 4.79 Å². The topological polar surface area (TPSA) is 51.1 Å². The van der Waals surface area contributed by atoms with E-state index in [9.17, 15) is 4.79 Å². The van der Waals surface area contributed by atoms with Crippen molar-refractivity contribution in [3.63, 3.8) is 0 Å². The summed E-state index contributed by atoms with van der Waals surface area (Å²) in [6.07, 6.45) is 3.90. The standard InChI is InChI=1S/C27H26N2O3/c1-3-4-17-32-24-16-15-20(19-25(24)31-2)18-23-26(21-11-7-5-8-12-21)28-29(27(23)30)22-13-9-6-10-14-22/h5-16,18-19H,3-4,17H2,1-2H3/b23-18-. The lowest BCUT2D eigenvalue weighted by Gasteiger charge is -2.12. The lowest BCUT2D eigenvalue weighted by atomic mass is 10.00. The quantitative estimate of drug-likeness (QED) is 0.342. The van der Waals surface area contributed by atoms with E-state index in [1.807, 2.05) is 84.9 Å². The molecular formula is C27H26N2O3. The Balaban J connectivity index is 1.72. The molecule has 1 amide bonds. The zero-order chi connectivity index (χ0) is 22.3. The minimum atomic E-state index is -0.169. The summed E-state index contributed by atoms with van der Waals surface area (Å²) in [6.45, 7) is 2.77. The SMILES string of the molecule is CCCCOc1ccc(/C=C2\C(=O)N(c3ccccc3)N=C2c2ccccc2)cc1OC. The van der Waals surface area contributed by atoms with Crippen LogP contribution in [0.15, 0.2) is 89.5 Å². The number of unbranched alkanes of at least 4 members (excludes halogenated alkanes) is 1. The molecule has 0 aromatic heterocycles. The molecule has 0 saturated heterocycles. The van der Waals surface area contributed by atoms with Crippen molar-refractivity contribution in [1.82, 2.24) is 0 Å². The Morgan fingerprint density at radius 2 is 1.66 bits per heavy atom. The third-order valence-corrected chi connectivity index (χ3v) is 5.18. The van der Waals surface area contributed by atoms with Crippen LogP contribution in [-0.2, 0) is 4.79 Å². The molecule has 5 nitrogen and oxygen atoms in total. The summed E-state index contributed by atoms with van der Waals surface area (Å²) in [5, 5.41) is 6.13. The van der Waals surface area contributed by atoms with Crippen LogP contribution in [0, 0.1) is 0 Å². The molecule has 3 aromatic carbocycles. The highest BCUT2D eigenvalue weighted by Crippen LogP contribution is 2.31. The average molecular weight is 427 g/mol. The van der Waals surface area contributed by atoms with Crippen LogP contribution < -0.4 is 14.5 Å². The van der Waals surface area contributed by atoms with E-state index < -0.39 is 0 Å². The molecule has 1 heterocycles. The van der Waals surface area contributed by atoms with E-state index in [-0.39, 0.29) is 5.91 Å². The molecule has 1 aliphatic heterocycles. The van der Waals surface area contributed by atoms with Gasteiger partial charge in [0.25, 0.3) is 5.91 Å². The number of methoxy groups -OCH3 is 1. The molecule has 4 rings (SSSR count). The second-order valence-corrected chi connectivity index (χ2v) is 7.44. The fourth-order valence-corrected chi connectivity index (χ4v) is 3.48. The van der Waals surface area contributed by atoms with Crippen LogP contribution >= 0.6 is 0 Å². The second kappa shape index (κ2) is 9.96. The van der Waals surface area contributed by atoms with Crippen molar-refractivity contribution in [2.45, 2.75) is 19.8 Å². The summed E-state index contributed by atoms with van der Waals surface area (Å²) < 4.78 is 11.4. The predicted octanol–water partition coefficient (Wildman–Crippen LogP) is 5.71. The molecule has 3 aromatic rings. The minimum Gasteiger partial charge on any atom is -0.493 e. The summed E-state index contributed by atoms with van der Waals surface area (Å²) in [5.74, 6) is 1.17. The van der Waals surface area contributed by atoms with Crippen molar-refractivity contribution < 1.29 is 14.3 Å². The first kappa shape index (κ1) is 21.4. The minimum absolute atomic E-state index is 0.169. The Bertz CT molecular complexity index is 1140. The van der Waals surface area contributed by atoms with Crippen LogP contribution in [0.2, 0.25) is 0 Å². The van der Waals surface area contributed by atoms with Gasteiger partial charge in [0.2, 0.25) is 0 Å². The first-order valence-electron chi connectivity index (χ1n) is 10.8. The number of rotatable bonds is 8. The summed E-state index contributed by atoms with van der Waals surface area (Å²) in [7, 11) is 1.62. The van der Waals surface area contributed by atoms with Crippen molar-refractivity contribution in [3.8, 4) is 11.5 Å². The zero-order valence-corrected chi connectivity index (χ0v) is 18.3. The predicted molar refractivity (Wildman–Crippen MR) is 128 cm³/mol. The smallest absolute Gasteiger partial charge is 0.281 e. The number of hydrogen-bond acceptors (Lipinski definition) is 4. The largest absolute Gasteiger partial charge is 0.493 e. The summed E-state index contributed by atoms with van der Waals surface area (Å²) >= 11 is 0. The van der Waals surface area contributed by atoms with E-state index in [2.05, 4.69) is 12.0 Å². The van der Waals surface area contributed by atoms with E-state index in [0.717, 1.165) is 29.7 Å². The van der Waals surface area contributed by atoms with Gasteiger partial charge in [-0.05, 0) is 42.3 Å². The normalized spacial score (nSPS) is 14.6. The molecule has 0 atom stereocenters. The molecule has 0 radical (unpaired) electrons. The first-order valence-corrected chi connectivity index (χ1v) is 10.8. The summed E-state index contributed by atoms with van der Waals surface area (Å²) in [4.78, 5) is 13.4. The number of amides is 1. The number of carbonyl (C=O) groups excluding carboxylic acids is 1. The van der Waals surface area contributed by atoms with Crippen LogP contribution in [0.5, 0.6) is 11.5 Å². The molecule has 32 heavy (non-hydrogen) atoms. The Kier molecular flexibility index (Phi) is 6.66. The highest BCUT2D eigenvalue weighted by Gasteiger charge is 2.32. The van der Waals surface area contributed by atoms with E-state index >= 15 is 0 Å². The highest BCUT2D eigenvalue weighted by molar-refractivity contribution is 6.37. The van der Waals surface area contributed by atoms with Crippen LogP contribution in [0.1, 0.15) is 30.9 Å². The monoisotopic (exact) mass is 426 g/mol. The van der Waals surface area contributed by atoms with Crippen LogP contribution in [-0.4, -0.2) is 25.3 Å². The van der Waals surface area contributed by atoms with Gasteiger partial charge < -0.3 is 9.47 Å². The van der Waals surface area contributed by atoms with Gasteiger partial charge in [0.05, 0.1) is 25.0 Å². The third-order valence-electron chi connectivity index (χ3n) is 5.18. The highest BCUT2D eigenvalue weighted by atomic mass is 16.5.